The Balaban J connectivity index is 1.80. The van der Waals surface area contributed by atoms with E-state index in [1.807, 2.05) is 37.4 Å². The van der Waals surface area contributed by atoms with Crippen LogP contribution in [0.4, 0.5) is 0 Å². The minimum absolute atomic E-state index is 0.596. The predicted molar refractivity (Wildman–Crippen MR) is 97.6 cm³/mol. The fraction of sp³-hybridized carbons (Fsp3) is 0.278. The third-order valence-corrected chi connectivity index (χ3v) is 4.50. The van der Waals surface area contributed by atoms with E-state index in [2.05, 4.69) is 47.4 Å². The Kier molecular flexibility index (Phi) is 4.87. The summed E-state index contributed by atoms with van der Waals surface area (Å²) in [5, 5.41) is 8.48. The molecule has 0 aliphatic rings. The van der Waals surface area contributed by atoms with E-state index in [4.69, 9.17) is 12.2 Å². The number of benzene rings is 2. The summed E-state index contributed by atoms with van der Waals surface area (Å²) in [6, 6.07) is 16.5. The SMILES string of the molecule is Cc1cccc(-n2nnn(CN(C)Cc3ccccc3)c2=S)c1C. The lowest BCUT2D eigenvalue weighted by Gasteiger charge is -2.15. The van der Waals surface area contributed by atoms with Crippen molar-refractivity contribution in [2.75, 3.05) is 7.05 Å². The molecule has 0 spiro atoms. The Labute approximate surface area is 147 Å². The number of aromatic nitrogens is 4. The van der Waals surface area contributed by atoms with Crippen LogP contribution >= 0.6 is 12.2 Å². The van der Waals surface area contributed by atoms with Gasteiger partial charge in [0.2, 0.25) is 4.77 Å². The van der Waals surface area contributed by atoms with Crippen LogP contribution in [0, 0.1) is 18.6 Å². The molecule has 0 aliphatic carbocycles. The van der Waals surface area contributed by atoms with E-state index in [1.165, 1.54) is 16.7 Å². The van der Waals surface area contributed by atoms with Crippen molar-refractivity contribution < 1.29 is 0 Å². The van der Waals surface area contributed by atoms with Crippen LogP contribution < -0.4 is 0 Å². The van der Waals surface area contributed by atoms with E-state index in [-0.39, 0.29) is 0 Å². The highest BCUT2D eigenvalue weighted by atomic mass is 32.1. The highest BCUT2D eigenvalue weighted by molar-refractivity contribution is 7.71. The molecule has 0 bridgehead atoms. The molecule has 0 unspecified atom stereocenters. The van der Waals surface area contributed by atoms with Crippen LogP contribution in [-0.2, 0) is 13.2 Å². The molecule has 0 fully saturated rings. The number of rotatable bonds is 5. The maximum atomic E-state index is 5.57. The Bertz CT molecular complexity index is 882. The molecule has 0 saturated heterocycles. The molecule has 0 atom stereocenters. The molecular weight excluding hydrogens is 318 g/mol. The summed E-state index contributed by atoms with van der Waals surface area (Å²) < 4.78 is 4.08. The molecule has 1 aromatic heterocycles. The third-order valence-electron chi connectivity index (χ3n) is 4.11. The van der Waals surface area contributed by atoms with Gasteiger partial charge in [0.15, 0.2) is 0 Å². The first-order chi connectivity index (χ1) is 11.6. The molecule has 1 heterocycles. The van der Waals surface area contributed by atoms with Crippen LogP contribution in [0.1, 0.15) is 16.7 Å². The lowest BCUT2D eigenvalue weighted by molar-refractivity contribution is 0.242. The summed E-state index contributed by atoms with van der Waals surface area (Å²) in [4.78, 5) is 2.16. The van der Waals surface area contributed by atoms with Gasteiger partial charge in [-0.2, -0.15) is 4.68 Å². The van der Waals surface area contributed by atoms with Crippen molar-refractivity contribution in [2.45, 2.75) is 27.1 Å². The van der Waals surface area contributed by atoms with Crippen LogP contribution in [0.25, 0.3) is 5.69 Å². The summed E-state index contributed by atoms with van der Waals surface area (Å²) in [5.41, 5.74) is 4.62. The first-order valence-electron chi connectivity index (χ1n) is 7.88. The molecule has 0 amide bonds. The second-order valence-electron chi connectivity index (χ2n) is 6.03. The van der Waals surface area contributed by atoms with Gasteiger partial charge in [0.1, 0.15) is 0 Å². The highest BCUT2D eigenvalue weighted by Crippen LogP contribution is 2.16. The first kappa shape index (κ1) is 16.5. The van der Waals surface area contributed by atoms with Crippen LogP contribution in [0.2, 0.25) is 0 Å². The number of hydrogen-bond acceptors (Lipinski definition) is 4. The second kappa shape index (κ2) is 7.07. The van der Waals surface area contributed by atoms with Crippen molar-refractivity contribution in [3.8, 4) is 5.69 Å². The van der Waals surface area contributed by atoms with E-state index in [1.54, 1.807) is 9.36 Å². The van der Waals surface area contributed by atoms with Gasteiger partial charge in [-0.25, -0.2) is 4.68 Å². The molecule has 5 nitrogen and oxygen atoms in total. The monoisotopic (exact) mass is 339 g/mol. The number of nitrogens with zero attached hydrogens (tertiary/aromatic N) is 5. The van der Waals surface area contributed by atoms with Crippen molar-refractivity contribution >= 4 is 12.2 Å². The van der Waals surface area contributed by atoms with Gasteiger partial charge >= 0.3 is 0 Å². The summed E-state index contributed by atoms with van der Waals surface area (Å²) in [5.74, 6) is 0. The minimum Gasteiger partial charge on any atom is -0.283 e. The van der Waals surface area contributed by atoms with E-state index >= 15 is 0 Å². The molecule has 3 rings (SSSR count). The van der Waals surface area contributed by atoms with Gasteiger partial charge in [-0.3, -0.25) is 4.90 Å². The molecule has 124 valence electrons. The summed E-state index contributed by atoms with van der Waals surface area (Å²) in [7, 11) is 2.05. The van der Waals surface area contributed by atoms with Crippen molar-refractivity contribution in [2.24, 2.45) is 0 Å². The molecule has 6 heteroatoms. The Morgan fingerprint density at radius 1 is 1.00 bits per heavy atom. The first-order valence-corrected chi connectivity index (χ1v) is 8.29. The molecule has 3 aromatic rings. The zero-order valence-electron chi connectivity index (χ0n) is 14.2. The molecule has 0 radical (unpaired) electrons. The predicted octanol–water partition coefficient (Wildman–Crippen LogP) is 3.50. The van der Waals surface area contributed by atoms with Crippen molar-refractivity contribution in [1.29, 1.82) is 0 Å². The quantitative estimate of drug-likeness (QED) is 0.667. The molecular formula is C18H21N5S. The lowest BCUT2D eigenvalue weighted by Crippen LogP contribution is -2.22. The average molecular weight is 339 g/mol. The zero-order chi connectivity index (χ0) is 17.1. The Morgan fingerprint density at radius 3 is 2.50 bits per heavy atom. The van der Waals surface area contributed by atoms with E-state index in [0.29, 0.717) is 11.4 Å². The van der Waals surface area contributed by atoms with Gasteiger partial charge in [0, 0.05) is 6.54 Å². The van der Waals surface area contributed by atoms with Crippen LogP contribution in [-0.4, -0.2) is 31.7 Å². The van der Waals surface area contributed by atoms with E-state index in [9.17, 15) is 0 Å². The van der Waals surface area contributed by atoms with Gasteiger partial charge in [0.25, 0.3) is 0 Å². The summed E-state index contributed by atoms with van der Waals surface area (Å²) in [6.07, 6.45) is 0. The Morgan fingerprint density at radius 2 is 1.75 bits per heavy atom. The normalized spacial score (nSPS) is 11.2. The zero-order valence-corrected chi connectivity index (χ0v) is 15.0. The van der Waals surface area contributed by atoms with Gasteiger partial charge in [0.05, 0.1) is 12.4 Å². The molecule has 0 saturated carbocycles. The second-order valence-corrected chi connectivity index (χ2v) is 6.40. The lowest BCUT2D eigenvalue weighted by atomic mass is 10.1. The van der Waals surface area contributed by atoms with Crippen LogP contribution in [0.3, 0.4) is 0 Å². The van der Waals surface area contributed by atoms with Gasteiger partial charge in [-0.15, -0.1) is 0 Å². The number of tetrazole rings is 1. The topological polar surface area (TPSA) is 38.9 Å². The molecule has 0 N–H and O–H groups in total. The smallest absolute Gasteiger partial charge is 0.221 e. The van der Waals surface area contributed by atoms with Gasteiger partial charge in [-0.1, -0.05) is 42.5 Å². The Hall–Kier alpha value is -2.31. The van der Waals surface area contributed by atoms with Gasteiger partial charge < -0.3 is 0 Å². The number of hydrogen-bond donors (Lipinski definition) is 0. The maximum absolute atomic E-state index is 5.57. The summed E-state index contributed by atoms with van der Waals surface area (Å²) >= 11 is 5.57. The van der Waals surface area contributed by atoms with Crippen molar-refractivity contribution in [3.05, 3.63) is 70.0 Å². The van der Waals surface area contributed by atoms with E-state index < -0.39 is 0 Å². The summed E-state index contributed by atoms with van der Waals surface area (Å²) in [6.45, 7) is 5.59. The maximum Gasteiger partial charge on any atom is 0.221 e. The third kappa shape index (κ3) is 3.44. The minimum atomic E-state index is 0.596. The van der Waals surface area contributed by atoms with E-state index in [0.717, 1.165) is 12.2 Å². The molecule has 24 heavy (non-hydrogen) atoms. The number of aryl methyl sites for hydroxylation is 1. The average Bonchev–Trinajstić information content (AvgIpc) is 2.92. The molecule has 0 aliphatic heterocycles. The largest absolute Gasteiger partial charge is 0.283 e. The van der Waals surface area contributed by atoms with Crippen LogP contribution in [0.15, 0.2) is 48.5 Å². The standard InChI is InChI=1S/C18H21N5S/c1-14-8-7-11-17(15(14)2)23-18(24)22(19-20-23)13-21(3)12-16-9-5-4-6-10-16/h4-11H,12-13H2,1-3H3. The highest BCUT2D eigenvalue weighted by Gasteiger charge is 2.10. The van der Waals surface area contributed by atoms with Crippen molar-refractivity contribution in [1.82, 2.24) is 24.7 Å². The fourth-order valence-corrected chi connectivity index (χ4v) is 2.88. The molecule has 2 aromatic carbocycles. The fourth-order valence-electron chi connectivity index (χ4n) is 2.65. The van der Waals surface area contributed by atoms with Crippen LogP contribution in [0.5, 0.6) is 0 Å². The van der Waals surface area contributed by atoms with Gasteiger partial charge in [-0.05, 0) is 66.3 Å². The van der Waals surface area contributed by atoms with Crippen molar-refractivity contribution in [3.63, 3.8) is 0 Å².